The van der Waals surface area contributed by atoms with Crippen molar-refractivity contribution < 1.29 is 9.18 Å². The first-order valence-electron chi connectivity index (χ1n) is 5.50. The Labute approximate surface area is 113 Å². The highest BCUT2D eigenvalue weighted by molar-refractivity contribution is 6.31. The van der Waals surface area contributed by atoms with E-state index in [0.29, 0.717) is 21.6 Å². The van der Waals surface area contributed by atoms with Crippen molar-refractivity contribution in [1.29, 1.82) is 0 Å². The molecule has 2 aromatic heterocycles. The molecule has 0 amide bonds. The van der Waals surface area contributed by atoms with Crippen molar-refractivity contribution in [2.45, 2.75) is 0 Å². The second-order valence-electron chi connectivity index (χ2n) is 3.99. The predicted molar refractivity (Wildman–Crippen MR) is 69.8 cm³/mol. The van der Waals surface area contributed by atoms with Crippen molar-refractivity contribution in [2.75, 3.05) is 0 Å². The van der Waals surface area contributed by atoms with Crippen LogP contribution in [0.1, 0.15) is 15.9 Å². The van der Waals surface area contributed by atoms with E-state index >= 15 is 0 Å². The summed E-state index contributed by atoms with van der Waals surface area (Å²) >= 11 is 5.86. The molecule has 0 aliphatic rings. The van der Waals surface area contributed by atoms with Crippen molar-refractivity contribution in [2.24, 2.45) is 0 Å². The maximum absolute atomic E-state index is 13.6. The summed E-state index contributed by atoms with van der Waals surface area (Å²) in [6, 6.07) is 8.26. The van der Waals surface area contributed by atoms with E-state index in [2.05, 4.69) is 16.0 Å². The summed E-state index contributed by atoms with van der Waals surface area (Å²) in [6.45, 7) is 0. The van der Waals surface area contributed by atoms with Gasteiger partial charge < -0.3 is 4.98 Å². The van der Waals surface area contributed by atoms with Gasteiger partial charge in [0.15, 0.2) is 5.78 Å². The Hall–Kier alpha value is -2.20. The van der Waals surface area contributed by atoms with Gasteiger partial charge in [-0.3, -0.25) is 4.79 Å². The number of hydrogen-bond donors (Lipinski definition) is 1. The smallest absolute Gasteiger partial charge is 0.198 e. The lowest BCUT2D eigenvalue weighted by molar-refractivity contribution is 0.103. The molecule has 2 heterocycles. The third-order valence-corrected chi connectivity index (χ3v) is 3.00. The maximum Gasteiger partial charge on any atom is 0.198 e. The predicted octanol–water partition coefficient (Wildman–Crippen LogP) is 3.39. The zero-order valence-corrected chi connectivity index (χ0v) is 10.3. The molecule has 3 aromatic rings. The van der Waals surface area contributed by atoms with Gasteiger partial charge >= 0.3 is 0 Å². The molecular weight excluding hydrogens is 267 g/mol. The highest BCUT2D eigenvalue weighted by Crippen LogP contribution is 2.23. The number of aromatic amines is 1. The van der Waals surface area contributed by atoms with Crippen molar-refractivity contribution >= 4 is 28.4 Å². The summed E-state index contributed by atoms with van der Waals surface area (Å²) in [5, 5.41) is 0.988. The molecule has 0 saturated carbocycles. The third-order valence-electron chi connectivity index (χ3n) is 2.80. The fourth-order valence-corrected chi connectivity index (χ4v) is 2.05. The van der Waals surface area contributed by atoms with Crippen LogP contribution in [0.3, 0.4) is 0 Å². The minimum Gasteiger partial charge on any atom is -0.345 e. The first kappa shape index (κ1) is 11.9. The summed E-state index contributed by atoms with van der Waals surface area (Å²) in [6.07, 6.45) is 2.98. The van der Waals surface area contributed by atoms with E-state index in [-0.39, 0.29) is 5.56 Å². The zero-order chi connectivity index (χ0) is 13.4. The Morgan fingerprint density at radius 1 is 1.42 bits per heavy atom. The standard InChI is InChI=1S/C14H7ClFN2O/c15-8-5-10-11(7-18-14(10)17-6-8)13(19)9-3-1-2-4-12(9)16/h2-7H,(H,17,18). The van der Waals surface area contributed by atoms with Crippen LogP contribution in [-0.4, -0.2) is 15.8 Å². The first-order chi connectivity index (χ1) is 9.16. The van der Waals surface area contributed by atoms with Crippen LogP contribution < -0.4 is 0 Å². The van der Waals surface area contributed by atoms with Crippen LogP contribution in [0, 0.1) is 11.9 Å². The minimum absolute atomic E-state index is 0.0247. The van der Waals surface area contributed by atoms with Gasteiger partial charge in [0.25, 0.3) is 0 Å². The van der Waals surface area contributed by atoms with E-state index in [4.69, 9.17) is 11.6 Å². The number of carbonyl (C=O) groups excluding carboxylic acids is 1. The average Bonchev–Trinajstić information content (AvgIpc) is 2.81. The summed E-state index contributed by atoms with van der Waals surface area (Å²) in [7, 11) is 0. The van der Waals surface area contributed by atoms with E-state index in [0.717, 1.165) is 0 Å². The van der Waals surface area contributed by atoms with E-state index in [9.17, 15) is 9.18 Å². The Morgan fingerprint density at radius 3 is 3.05 bits per heavy atom. The topological polar surface area (TPSA) is 45.8 Å². The van der Waals surface area contributed by atoms with E-state index in [1.165, 1.54) is 30.6 Å². The Morgan fingerprint density at radius 2 is 2.26 bits per heavy atom. The van der Waals surface area contributed by atoms with Gasteiger partial charge in [-0.25, -0.2) is 9.37 Å². The fourth-order valence-electron chi connectivity index (χ4n) is 1.90. The van der Waals surface area contributed by atoms with Crippen molar-refractivity contribution in [3.05, 3.63) is 64.7 Å². The Balaban J connectivity index is 2.17. The quantitative estimate of drug-likeness (QED) is 0.728. The molecule has 5 heteroatoms. The minimum atomic E-state index is -0.576. The van der Waals surface area contributed by atoms with Gasteiger partial charge in [-0.1, -0.05) is 17.7 Å². The van der Waals surface area contributed by atoms with Crippen molar-refractivity contribution in [3.63, 3.8) is 0 Å². The number of carbonyl (C=O) groups is 1. The summed E-state index contributed by atoms with van der Waals surface area (Å²) in [5.74, 6) is -1.00. The number of pyridine rings is 1. The normalized spacial score (nSPS) is 10.8. The summed E-state index contributed by atoms with van der Waals surface area (Å²) in [5.41, 5.74) is 0.847. The summed E-state index contributed by atoms with van der Waals surface area (Å²) in [4.78, 5) is 19.2. The van der Waals surface area contributed by atoms with Crippen LogP contribution in [0.15, 0.2) is 36.7 Å². The second-order valence-corrected chi connectivity index (χ2v) is 4.42. The largest absolute Gasteiger partial charge is 0.345 e. The molecule has 19 heavy (non-hydrogen) atoms. The molecule has 0 aliphatic heterocycles. The molecule has 0 fully saturated rings. The highest BCUT2D eigenvalue weighted by atomic mass is 35.5. The molecule has 3 rings (SSSR count). The lowest BCUT2D eigenvalue weighted by Gasteiger charge is -2.01. The molecule has 1 radical (unpaired) electrons. The number of aromatic nitrogens is 2. The molecule has 1 N–H and O–H groups in total. The molecule has 0 saturated heterocycles. The molecule has 0 unspecified atom stereocenters. The van der Waals surface area contributed by atoms with Gasteiger partial charge in [0.05, 0.1) is 10.6 Å². The van der Waals surface area contributed by atoms with E-state index in [1.807, 2.05) is 0 Å². The van der Waals surface area contributed by atoms with Gasteiger partial charge in [-0.05, 0) is 24.3 Å². The summed E-state index contributed by atoms with van der Waals surface area (Å²) < 4.78 is 13.6. The number of halogens is 2. The van der Waals surface area contributed by atoms with E-state index in [1.54, 1.807) is 6.07 Å². The van der Waals surface area contributed by atoms with Gasteiger partial charge in [0.2, 0.25) is 0 Å². The van der Waals surface area contributed by atoms with Crippen LogP contribution in [0.5, 0.6) is 0 Å². The molecule has 93 valence electrons. The lowest BCUT2D eigenvalue weighted by atomic mass is 10.0. The van der Waals surface area contributed by atoms with E-state index < -0.39 is 11.6 Å². The van der Waals surface area contributed by atoms with Gasteiger partial charge in [0, 0.05) is 23.3 Å². The number of nitrogens with one attached hydrogen (secondary N) is 1. The first-order valence-corrected chi connectivity index (χ1v) is 5.87. The van der Waals surface area contributed by atoms with Crippen LogP contribution >= 0.6 is 11.6 Å². The average molecular weight is 274 g/mol. The number of rotatable bonds is 2. The Kier molecular flexibility index (Phi) is 2.80. The SMILES string of the molecule is O=C(c1c[c]ccc1F)c1c[nH]c2ncc(Cl)cc12. The molecule has 0 aliphatic carbocycles. The van der Waals surface area contributed by atoms with Crippen molar-refractivity contribution in [3.8, 4) is 0 Å². The van der Waals surface area contributed by atoms with Gasteiger partial charge in [-0.2, -0.15) is 0 Å². The maximum atomic E-state index is 13.6. The number of nitrogens with zero attached hydrogens (tertiary/aromatic N) is 1. The van der Waals surface area contributed by atoms with Crippen LogP contribution in [0.25, 0.3) is 11.0 Å². The third kappa shape index (κ3) is 2.00. The number of H-pyrrole nitrogens is 1. The molecule has 1 aromatic carbocycles. The van der Waals surface area contributed by atoms with Gasteiger partial charge in [-0.15, -0.1) is 0 Å². The molecule has 3 nitrogen and oxygen atoms in total. The molecular formula is C14H7ClFN2O. The molecule has 0 spiro atoms. The van der Waals surface area contributed by atoms with Crippen LogP contribution in [-0.2, 0) is 0 Å². The second kappa shape index (κ2) is 4.48. The molecule has 0 bridgehead atoms. The highest BCUT2D eigenvalue weighted by Gasteiger charge is 2.17. The Bertz CT molecular complexity index is 782. The number of ketones is 1. The van der Waals surface area contributed by atoms with Crippen LogP contribution in [0.4, 0.5) is 4.39 Å². The van der Waals surface area contributed by atoms with Crippen molar-refractivity contribution in [1.82, 2.24) is 9.97 Å². The molecule has 0 atom stereocenters. The van der Waals surface area contributed by atoms with Gasteiger partial charge in [0.1, 0.15) is 11.5 Å². The number of fused-ring (bicyclic) bond motifs is 1. The zero-order valence-electron chi connectivity index (χ0n) is 9.58. The lowest BCUT2D eigenvalue weighted by Crippen LogP contribution is -2.03. The van der Waals surface area contributed by atoms with Crippen LogP contribution in [0.2, 0.25) is 5.02 Å². The monoisotopic (exact) mass is 273 g/mol. The fraction of sp³-hybridized carbons (Fsp3) is 0. The number of benzene rings is 1. The number of hydrogen-bond acceptors (Lipinski definition) is 2.